The Morgan fingerprint density at radius 2 is 1.82 bits per heavy atom. The first kappa shape index (κ1) is 26.9. The zero-order valence-corrected chi connectivity index (χ0v) is 20.6. The van der Waals surface area contributed by atoms with Crippen LogP contribution < -0.4 is 14.8 Å². The van der Waals surface area contributed by atoms with E-state index in [0.717, 1.165) is 0 Å². The molecule has 1 N–H and O–H groups in total. The molecule has 1 saturated heterocycles. The largest absolute Gasteiger partial charge is 0.493 e. The van der Waals surface area contributed by atoms with Crippen molar-refractivity contribution in [3.63, 3.8) is 0 Å². The number of ether oxygens (including phenoxy) is 3. The number of esters is 1. The second-order valence-electron chi connectivity index (χ2n) is 8.44. The molecule has 1 aliphatic rings. The minimum Gasteiger partial charge on any atom is -0.493 e. The summed E-state index contributed by atoms with van der Waals surface area (Å²) in [5.74, 6) is -0.554. The van der Waals surface area contributed by atoms with E-state index in [-0.39, 0.29) is 48.8 Å². The first-order valence-corrected chi connectivity index (χ1v) is 11.5. The molecule has 1 fully saturated rings. The van der Waals surface area contributed by atoms with Gasteiger partial charge in [0.1, 0.15) is 0 Å². The summed E-state index contributed by atoms with van der Waals surface area (Å²) in [5, 5.41) is 2.73. The number of benzene rings is 1. The zero-order valence-electron chi connectivity index (χ0n) is 20.6. The van der Waals surface area contributed by atoms with Gasteiger partial charge in [-0.2, -0.15) is 0 Å². The molecule has 0 bridgehead atoms. The summed E-state index contributed by atoms with van der Waals surface area (Å²) in [5.41, 5.74) is 0.326. The van der Waals surface area contributed by atoms with E-state index < -0.39 is 0 Å². The fraction of sp³-hybridized carbons (Fsp3) is 0.583. The molecule has 34 heavy (non-hydrogen) atoms. The third kappa shape index (κ3) is 7.64. The number of methoxy groups -OCH3 is 1. The van der Waals surface area contributed by atoms with Crippen LogP contribution in [-0.2, 0) is 19.1 Å². The molecule has 0 unspecified atom stereocenters. The van der Waals surface area contributed by atoms with Crippen LogP contribution in [0.5, 0.6) is 11.5 Å². The number of hydrogen-bond donors (Lipinski definition) is 1. The van der Waals surface area contributed by atoms with Crippen LogP contribution in [0.25, 0.3) is 0 Å². The lowest BCUT2D eigenvalue weighted by Crippen LogP contribution is -2.45. The zero-order chi connectivity index (χ0) is 25.3. The van der Waals surface area contributed by atoms with Crippen LogP contribution >= 0.6 is 0 Å². The molecule has 10 heteroatoms. The van der Waals surface area contributed by atoms with E-state index in [1.54, 1.807) is 31.0 Å². The van der Waals surface area contributed by atoms with Crippen molar-refractivity contribution in [2.24, 2.45) is 5.92 Å². The minimum atomic E-state index is -0.350. The molecule has 10 nitrogen and oxygen atoms in total. The van der Waals surface area contributed by atoms with Gasteiger partial charge in [0.25, 0.3) is 11.8 Å². The maximum absolute atomic E-state index is 12.9. The van der Waals surface area contributed by atoms with Crippen molar-refractivity contribution < 1.29 is 33.4 Å². The van der Waals surface area contributed by atoms with Gasteiger partial charge in [0, 0.05) is 31.7 Å². The number of nitrogens with zero attached hydrogens (tertiary/aromatic N) is 2. The lowest BCUT2D eigenvalue weighted by atomic mass is 9.97. The van der Waals surface area contributed by atoms with Gasteiger partial charge in [-0.25, -0.2) is 0 Å². The second-order valence-corrected chi connectivity index (χ2v) is 8.44. The van der Waals surface area contributed by atoms with Crippen molar-refractivity contribution in [1.29, 1.82) is 0 Å². The molecule has 0 radical (unpaired) electrons. The molecule has 1 aromatic carbocycles. The highest BCUT2D eigenvalue weighted by Crippen LogP contribution is 2.28. The molecule has 1 heterocycles. The van der Waals surface area contributed by atoms with E-state index in [0.29, 0.717) is 49.6 Å². The normalized spacial score (nSPS) is 13.9. The van der Waals surface area contributed by atoms with Crippen molar-refractivity contribution in [3.8, 4) is 11.5 Å². The first-order chi connectivity index (χ1) is 16.2. The summed E-state index contributed by atoms with van der Waals surface area (Å²) in [6, 6.07) is 4.64. The maximum Gasteiger partial charge on any atom is 0.309 e. The Bertz CT molecular complexity index is 879. The van der Waals surface area contributed by atoms with Crippen molar-refractivity contribution >= 4 is 23.7 Å². The number of rotatable bonds is 10. The molecule has 2 rings (SSSR count). The highest BCUT2D eigenvalue weighted by molar-refractivity contribution is 5.97. The van der Waals surface area contributed by atoms with Crippen LogP contribution in [0.3, 0.4) is 0 Å². The van der Waals surface area contributed by atoms with Gasteiger partial charge in [0.05, 0.1) is 26.2 Å². The van der Waals surface area contributed by atoms with E-state index in [1.165, 1.54) is 18.1 Å². The van der Waals surface area contributed by atoms with E-state index >= 15 is 0 Å². The van der Waals surface area contributed by atoms with Gasteiger partial charge in [-0.1, -0.05) is 0 Å². The fourth-order valence-electron chi connectivity index (χ4n) is 3.65. The number of hydrogen-bond acceptors (Lipinski definition) is 7. The molecule has 0 saturated carbocycles. The lowest BCUT2D eigenvalue weighted by molar-refractivity contribution is -0.151. The number of amides is 3. The van der Waals surface area contributed by atoms with Gasteiger partial charge >= 0.3 is 5.97 Å². The maximum atomic E-state index is 12.9. The predicted molar refractivity (Wildman–Crippen MR) is 125 cm³/mol. The van der Waals surface area contributed by atoms with Crippen LogP contribution in [0, 0.1) is 5.92 Å². The van der Waals surface area contributed by atoms with E-state index in [2.05, 4.69) is 5.32 Å². The standard InChI is InChI=1S/C24H35N3O7/c1-6-33-24(31)17-9-11-27(12-10-17)22(29)14-26(4)23(30)18-7-8-19(20(13-18)32-5)34-15-21(28)25-16(2)3/h7-8,13,16-17H,6,9-12,14-15H2,1-5H3,(H,25,28). The summed E-state index contributed by atoms with van der Waals surface area (Å²) in [4.78, 5) is 52.2. The van der Waals surface area contributed by atoms with Crippen LogP contribution in [0.2, 0.25) is 0 Å². The molecule has 1 aliphatic heterocycles. The SMILES string of the molecule is CCOC(=O)C1CCN(C(=O)CN(C)C(=O)c2ccc(OCC(=O)NC(C)C)c(OC)c2)CC1. The molecular weight excluding hydrogens is 442 g/mol. The van der Waals surface area contributed by atoms with Gasteiger partial charge in [-0.15, -0.1) is 0 Å². The Balaban J connectivity index is 1.92. The smallest absolute Gasteiger partial charge is 0.309 e. The number of carbonyl (C=O) groups excluding carboxylic acids is 4. The monoisotopic (exact) mass is 477 g/mol. The first-order valence-electron chi connectivity index (χ1n) is 11.5. The van der Waals surface area contributed by atoms with Crippen molar-refractivity contribution in [1.82, 2.24) is 15.1 Å². The summed E-state index contributed by atoms with van der Waals surface area (Å²) >= 11 is 0. The van der Waals surface area contributed by atoms with Gasteiger partial charge in [-0.05, 0) is 51.8 Å². The second kappa shape index (κ2) is 12.8. The Morgan fingerprint density at radius 3 is 2.41 bits per heavy atom. The van der Waals surface area contributed by atoms with Crippen molar-refractivity contribution in [2.75, 3.05) is 47.0 Å². The number of carbonyl (C=O) groups is 4. The molecule has 0 spiro atoms. The topological polar surface area (TPSA) is 114 Å². The Hall–Kier alpha value is -3.30. The van der Waals surface area contributed by atoms with Crippen LogP contribution in [-0.4, -0.2) is 86.5 Å². The number of piperidine rings is 1. The van der Waals surface area contributed by atoms with E-state index in [9.17, 15) is 19.2 Å². The molecular formula is C24H35N3O7. The molecule has 0 atom stereocenters. The summed E-state index contributed by atoms with van der Waals surface area (Å²) in [6.45, 7) is 6.46. The molecule has 0 aliphatic carbocycles. The number of nitrogens with one attached hydrogen (secondary N) is 1. The van der Waals surface area contributed by atoms with Crippen molar-refractivity contribution in [3.05, 3.63) is 23.8 Å². The average molecular weight is 478 g/mol. The molecule has 3 amide bonds. The summed E-state index contributed by atoms with van der Waals surface area (Å²) in [7, 11) is 3.00. The third-order valence-corrected chi connectivity index (χ3v) is 5.41. The summed E-state index contributed by atoms with van der Waals surface area (Å²) < 4.78 is 15.9. The highest BCUT2D eigenvalue weighted by atomic mass is 16.5. The third-order valence-electron chi connectivity index (χ3n) is 5.41. The number of likely N-dealkylation sites (tertiary alicyclic amines) is 1. The lowest BCUT2D eigenvalue weighted by Gasteiger charge is -2.32. The number of likely N-dealkylation sites (N-methyl/N-ethyl adjacent to an activating group) is 1. The van der Waals surface area contributed by atoms with E-state index in [1.807, 2.05) is 13.8 Å². The molecule has 1 aromatic rings. The van der Waals surface area contributed by atoms with Gasteiger partial charge in [0.2, 0.25) is 5.91 Å². The fourth-order valence-corrected chi connectivity index (χ4v) is 3.65. The molecule has 188 valence electrons. The van der Waals surface area contributed by atoms with E-state index in [4.69, 9.17) is 14.2 Å². The Labute approximate surface area is 200 Å². The average Bonchev–Trinajstić information content (AvgIpc) is 2.81. The Kier molecular flexibility index (Phi) is 10.2. The Morgan fingerprint density at radius 1 is 1.15 bits per heavy atom. The van der Waals surface area contributed by atoms with Crippen molar-refractivity contribution in [2.45, 2.75) is 39.7 Å². The van der Waals surface area contributed by atoms with Crippen LogP contribution in [0.4, 0.5) is 0 Å². The highest BCUT2D eigenvalue weighted by Gasteiger charge is 2.29. The van der Waals surface area contributed by atoms with Crippen LogP contribution in [0.15, 0.2) is 18.2 Å². The molecule has 0 aromatic heterocycles. The van der Waals surface area contributed by atoms with Gasteiger partial charge in [-0.3, -0.25) is 19.2 Å². The predicted octanol–water partition coefficient (Wildman–Crippen LogP) is 1.47. The van der Waals surface area contributed by atoms with Crippen LogP contribution in [0.1, 0.15) is 44.0 Å². The minimum absolute atomic E-state index is 0.000159. The quantitative estimate of drug-likeness (QED) is 0.508. The summed E-state index contributed by atoms with van der Waals surface area (Å²) in [6.07, 6.45) is 1.10. The van der Waals surface area contributed by atoms with Gasteiger partial charge < -0.3 is 29.3 Å². The van der Waals surface area contributed by atoms with Gasteiger partial charge in [0.15, 0.2) is 18.1 Å².